The lowest BCUT2D eigenvalue weighted by Crippen LogP contribution is -2.46. The average Bonchev–Trinajstić information content (AvgIpc) is 2.98. The van der Waals surface area contributed by atoms with Crippen molar-refractivity contribution in [3.8, 4) is 0 Å². The minimum atomic E-state index is -0.202. The van der Waals surface area contributed by atoms with Crippen LogP contribution in [0.1, 0.15) is 23.1 Å². The summed E-state index contributed by atoms with van der Waals surface area (Å²) in [6, 6.07) is 10.3. The number of halogens is 3. The zero-order chi connectivity index (χ0) is 16.7. The molecule has 2 nitrogen and oxygen atoms in total. The van der Waals surface area contributed by atoms with E-state index in [4.69, 9.17) is 0 Å². The van der Waals surface area contributed by atoms with Crippen molar-refractivity contribution >= 4 is 15.9 Å². The Labute approximate surface area is 149 Å². The second-order valence-electron chi connectivity index (χ2n) is 6.89. The fourth-order valence-electron chi connectivity index (χ4n) is 4.13. The summed E-state index contributed by atoms with van der Waals surface area (Å²) < 4.78 is 28.7. The first kappa shape index (κ1) is 16.2. The number of rotatable bonds is 2. The molecule has 1 fully saturated rings. The fraction of sp³-hybridized carbons (Fsp3) is 0.368. The third kappa shape index (κ3) is 2.89. The summed E-state index contributed by atoms with van der Waals surface area (Å²) in [5, 5.41) is 3.44. The number of nitrogens with zero attached hydrogens (tertiary/aromatic N) is 1. The largest absolute Gasteiger partial charge is 0.316 e. The molecule has 1 spiro atoms. The van der Waals surface area contributed by atoms with Gasteiger partial charge in [0.05, 0.1) is 0 Å². The van der Waals surface area contributed by atoms with Crippen LogP contribution in [0.5, 0.6) is 0 Å². The van der Waals surface area contributed by atoms with E-state index in [2.05, 4.69) is 26.1 Å². The molecule has 0 bridgehead atoms. The maximum Gasteiger partial charge on any atom is 0.128 e. The molecule has 0 aliphatic carbocycles. The van der Waals surface area contributed by atoms with Gasteiger partial charge in [0.15, 0.2) is 0 Å². The van der Waals surface area contributed by atoms with Gasteiger partial charge in [0.2, 0.25) is 0 Å². The summed E-state index contributed by atoms with van der Waals surface area (Å²) >= 11 is 3.30. The monoisotopic (exact) mass is 392 g/mol. The predicted molar refractivity (Wildman–Crippen MR) is 93.8 cm³/mol. The second kappa shape index (κ2) is 6.21. The van der Waals surface area contributed by atoms with E-state index in [-0.39, 0.29) is 17.0 Å². The van der Waals surface area contributed by atoms with Crippen molar-refractivity contribution in [3.05, 3.63) is 69.2 Å². The van der Waals surface area contributed by atoms with Gasteiger partial charge in [-0.2, -0.15) is 0 Å². The van der Waals surface area contributed by atoms with E-state index < -0.39 is 0 Å². The first-order valence-corrected chi connectivity index (χ1v) is 9.01. The highest BCUT2D eigenvalue weighted by Gasteiger charge is 2.41. The van der Waals surface area contributed by atoms with Gasteiger partial charge >= 0.3 is 0 Å². The van der Waals surface area contributed by atoms with Crippen molar-refractivity contribution in [2.45, 2.75) is 24.9 Å². The molecule has 0 aromatic heterocycles. The SMILES string of the molecule is Fc1ccc2c(c1)CN(Cc1ccc(Br)cc1F)CC21CCNC1. The number of hydrogen-bond donors (Lipinski definition) is 1. The van der Waals surface area contributed by atoms with Gasteiger partial charge < -0.3 is 5.32 Å². The highest BCUT2D eigenvalue weighted by molar-refractivity contribution is 9.10. The van der Waals surface area contributed by atoms with E-state index in [1.807, 2.05) is 18.2 Å². The molecular weight excluding hydrogens is 374 g/mol. The van der Waals surface area contributed by atoms with E-state index >= 15 is 0 Å². The van der Waals surface area contributed by atoms with E-state index in [9.17, 15) is 8.78 Å². The molecule has 24 heavy (non-hydrogen) atoms. The summed E-state index contributed by atoms with van der Waals surface area (Å²) in [4.78, 5) is 2.24. The Hall–Kier alpha value is -1.30. The number of nitrogens with one attached hydrogen (secondary N) is 1. The Morgan fingerprint density at radius 2 is 2.04 bits per heavy atom. The summed E-state index contributed by atoms with van der Waals surface area (Å²) in [7, 11) is 0. The highest BCUT2D eigenvalue weighted by Crippen LogP contribution is 2.39. The summed E-state index contributed by atoms with van der Waals surface area (Å²) in [6.45, 7) is 3.93. The minimum absolute atomic E-state index is 0.00707. The molecule has 2 aliphatic rings. The van der Waals surface area contributed by atoms with E-state index in [1.165, 1.54) is 11.6 Å². The van der Waals surface area contributed by atoms with Gasteiger partial charge in [-0.3, -0.25) is 4.90 Å². The van der Waals surface area contributed by atoms with Gasteiger partial charge in [-0.25, -0.2) is 8.78 Å². The fourth-order valence-corrected chi connectivity index (χ4v) is 4.46. The molecule has 2 aromatic carbocycles. The van der Waals surface area contributed by atoms with Crippen LogP contribution < -0.4 is 5.32 Å². The molecule has 2 aromatic rings. The smallest absolute Gasteiger partial charge is 0.128 e. The molecule has 126 valence electrons. The molecule has 0 amide bonds. The molecule has 0 radical (unpaired) electrons. The lowest BCUT2D eigenvalue weighted by atomic mass is 9.74. The topological polar surface area (TPSA) is 15.3 Å². The third-order valence-electron chi connectivity index (χ3n) is 5.21. The molecule has 1 atom stereocenters. The average molecular weight is 393 g/mol. The van der Waals surface area contributed by atoms with Crippen LogP contribution in [-0.4, -0.2) is 24.5 Å². The van der Waals surface area contributed by atoms with Crippen molar-refractivity contribution in [1.29, 1.82) is 0 Å². The van der Waals surface area contributed by atoms with E-state index in [1.54, 1.807) is 12.1 Å². The van der Waals surface area contributed by atoms with Gasteiger partial charge in [-0.1, -0.05) is 28.1 Å². The molecule has 1 N–H and O–H groups in total. The Kier molecular flexibility index (Phi) is 4.19. The van der Waals surface area contributed by atoms with Gasteiger partial charge in [-0.15, -0.1) is 0 Å². The molecule has 2 heterocycles. The van der Waals surface area contributed by atoms with Crippen LogP contribution >= 0.6 is 15.9 Å². The standard InChI is InChI=1S/C19H19BrF2N2/c20-15-2-1-13(18(22)8-15)9-24-10-14-7-16(21)3-4-17(14)19(12-24)5-6-23-11-19/h1-4,7-8,23H,5-6,9-12H2. The Balaban J connectivity index is 1.66. The molecule has 4 rings (SSSR count). The van der Waals surface area contributed by atoms with Gasteiger partial charge in [0.25, 0.3) is 0 Å². The zero-order valence-electron chi connectivity index (χ0n) is 13.3. The van der Waals surface area contributed by atoms with Gasteiger partial charge in [0, 0.05) is 41.6 Å². The lowest BCUT2D eigenvalue weighted by molar-refractivity contribution is 0.174. The maximum atomic E-state index is 14.2. The molecule has 5 heteroatoms. The lowest BCUT2D eigenvalue weighted by Gasteiger charge is -2.42. The van der Waals surface area contributed by atoms with Crippen LogP contribution in [0.25, 0.3) is 0 Å². The van der Waals surface area contributed by atoms with Crippen molar-refractivity contribution < 1.29 is 8.78 Å². The number of fused-ring (bicyclic) bond motifs is 2. The Bertz CT molecular complexity index is 772. The summed E-state index contributed by atoms with van der Waals surface area (Å²) in [6.07, 6.45) is 1.03. The van der Waals surface area contributed by atoms with Crippen molar-refractivity contribution in [1.82, 2.24) is 10.2 Å². The van der Waals surface area contributed by atoms with Crippen molar-refractivity contribution in [2.75, 3.05) is 19.6 Å². The molecule has 1 saturated heterocycles. The van der Waals surface area contributed by atoms with Gasteiger partial charge in [-0.05, 0) is 48.4 Å². The second-order valence-corrected chi connectivity index (χ2v) is 7.81. The van der Waals surface area contributed by atoms with Crippen molar-refractivity contribution in [3.63, 3.8) is 0 Å². The van der Waals surface area contributed by atoms with Gasteiger partial charge in [0.1, 0.15) is 11.6 Å². The minimum Gasteiger partial charge on any atom is -0.316 e. The highest BCUT2D eigenvalue weighted by atomic mass is 79.9. The summed E-state index contributed by atoms with van der Waals surface area (Å²) in [5.41, 5.74) is 2.97. The Morgan fingerprint density at radius 3 is 2.79 bits per heavy atom. The van der Waals surface area contributed by atoms with Crippen LogP contribution in [0.4, 0.5) is 8.78 Å². The van der Waals surface area contributed by atoms with Crippen LogP contribution in [-0.2, 0) is 18.5 Å². The van der Waals surface area contributed by atoms with Crippen molar-refractivity contribution in [2.24, 2.45) is 0 Å². The normalized spacial score (nSPS) is 23.6. The zero-order valence-corrected chi connectivity index (χ0v) is 14.9. The summed E-state index contributed by atoms with van der Waals surface area (Å²) in [5.74, 6) is -0.403. The molecule has 1 unspecified atom stereocenters. The molecule has 2 aliphatic heterocycles. The van der Waals surface area contributed by atoms with E-state index in [0.29, 0.717) is 18.7 Å². The third-order valence-corrected chi connectivity index (χ3v) is 5.70. The first-order valence-electron chi connectivity index (χ1n) is 8.22. The predicted octanol–water partition coefficient (Wildman–Crippen LogP) is 3.97. The first-order chi connectivity index (χ1) is 11.6. The maximum absolute atomic E-state index is 14.2. The van der Waals surface area contributed by atoms with Crippen LogP contribution in [0.15, 0.2) is 40.9 Å². The van der Waals surface area contributed by atoms with Crippen LogP contribution in [0, 0.1) is 11.6 Å². The molecular formula is C19H19BrF2N2. The number of hydrogen-bond acceptors (Lipinski definition) is 2. The van der Waals surface area contributed by atoms with Crippen LogP contribution in [0.2, 0.25) is 0 Å². The van der Waals surface area contributed by atoms with Crippen LogP contribution in [0.3, 0.4) is 0 Å². The molecule has 0 saturated carbocycles. The quantitative estimate of drug-likeness (QED) is 0.831. The Morgan fingerprint density at radius 1 is 1.17 bits per heavy atom. The number of benzene rings is 2. The van der Waals surface area contributed by atoms with E-state index in [0.717, 1.165) is 36.1 Å².